The quantitative estimate of drug-likeness (QED) is 0.469. The molecule has 1 N–H and O–H groups in total. The molecule has 174 valence electrons. The minimum atomic E-state index is -0.230. The van der Waals surface area contributed by atoms with Crippen LogP contribution in [0, 0.1) is 5.41 Å². The lowest BCUT2D eigenvalue weighted by molar-refractivity contribution is 0.0976. The minimum Gasteiger partial charge on any atom is -0.391 e. The Kier molecular flexibility index (Phi) is 8.03. The molecular weight excluding hydrogens is 397 g/mol. The summed E-state index contributed by atoms with van der Waals surface area (Å²) < 4.78 is 0. The Morgan fingerprint density at radius 1 is 0.871 bits per heavy atom. The molecular formula is C28H46NOP. The van der Waals surface area contributed by atoms with E-state index in [-0.39, 0.29) is 25.5 Å². The second-order valence-corrected chi connectivity index (χ2v) is 14.5. The van der Waals surface area contributed by atoms with Gasteiger partial charge < -0.3 is 10.0 Å². The molecule has 1 heterocycles. The lowest BCUT2D eigenvalue weighted by Crippen LogP contribution is -2.43. The van der Waals surface area contributed by atoms with Crippen LogP contribution in [-0.4, -0.2) is 35.1 Å². The van der Waals surface area contributed by atoms with Gasteiger partial charge in [0.25, 0.3) is 0 Å². The Labute approximate surface area is 192 Å². The monoisotopic (exact) mass is 443 g/mol. The van der Waals surface area contributed by atoms with Crippen molar-refractivity contribution in [2.75, 3.05) is 11.4 Å². The number of benzene rings is 1. The van der Waals surface area contributed by atoms with Crippen molar-refractivity contribution in [2.24, 2.45) is 5.41 Å². The van der Waals surface area contributed by atoms with Gasteiger partial charge in [0.2, 0.25) is 0 Å². The van der Waals surface area contributed by atoms with E-state index in [0.717, 1.165) is 30.7 Å². The highest BCUT2D eigenvalue weighted by Crippen LogP contribution is 2.56. The summed E-state index contributed by atoms with van der Waals surface area (Å²) in [5.41, 5.74) is 3.51. The second-order valence-electron chi connectivity index (χ2n) is 11.7. The van der Waals surface area contributed by atoms with Gasteiger partial charge in [0.1, 0.15) is 0 Å². The van der Waals surface area contributed by atoms with Crippen LogP contribution in [0.5, 0.6) is 0 Å². The minimum absolute atomic E-state index is 0.117. The number of para-hydroxylation sites is 1. The van der Waals surface area contributed by atoms with Gasteiger partial charge in [-0.05, 0) is 73.0 Å². The lowest BCUT2D eigenvalue weighted by atomic mass is 9.86. The van der Waals surface area contributed by atoms with E-state index < -0.39 is 0 Å². The molecule has 2 aliphatic carbocycles. The van der Waals surface area contributed by atoms with Gasteiger partial charge in [0.15, 0.2) is 0 Å². The van der Waals surface area contributed by atoms with Gasteiger partial charge in [-0.2, -0.15) is 0 Å². The Balaban J connectivity index is 1.65. The predicted octanol–water partition coefficient (Wildman–Crippen LogP) is 7.23. The van der Waals surface area contributed by atoms with E-state index in [1.54, 1.807) is 5.30 Å². The van der Waals surface area contributed by atoms with Crippen molar-refractivity contribution < 1.29 is 5.11 Å². The number of hydrogen-bond donors (Lipinski definition) is 1. The molecule has 31 heavy (non-hydrogen) atoms. The van der Waals surface area contributed by atoms with Crippen LogP contribution in [0.15, 0.2) is 24.3 Å². The van der Waals surface area contributed by atoms with Gasteiger partial charge >= 0.3 is 0 Å². The standard InChI is InChI=1S/C28H46NOP/c1-28(2,3)21-26(30)24-18-12-20-29(24)25-17-10-11-19-27(25)31(22-13-6-4-7-14-22)23-15-8-5-9-16-23/h10-11,17,19,22-24,26,30H,4-9,12-16,18,20-21H2,1-3H3/t24-,26+/m0/s1. The first-order valence-electron chi connectivity index (χ1n) is 13.3. The van der Waals surface area contributed by atoms with Crippen molar-refractivity contribution in [1.82, 2.24) is 0 Å². The molecule has 2 atom stereocenters. The number of anilines is 1. The molecule has 3 heteroatoms. The Morgan fingerprint density at radius 3 is 2.03 bits per heavy atom. The number of rotatable bonds is 6. The van der Waals surface area contributed by atoms with E-state index in [2.05, 4.69) is 49.9 Å². The van der Waals surface area contributed by atoms with Crippen LogP contribution < -0.4 is 10.2 Å². The summed E-state index contributed by atoms with van der Waals surface area (Å²) in [6.45, 7) is 7.89. The fourth-order valence-electron chi connectivity index (χ4n) is 6.59. The van der Waals surface area contributed by atoms with Gasteiger partial charge in [-0.1, -0.05) is 85.4 Å². The fraction of sp³-hybridized carbons (Fsp3) is 0.786. The first kappa shape index (κ1) is 23.6. The summed E-state index contributed by atoms with van der Waals surface area (Å²) in [7, 11) is -0.117. The Hall–Kier alpha value is -0.590. The third-order valence-electron chi connectivity index (χ3n) is 7.97. The number of aliphatic hydroxyl groups is 1. The average Bonchev–Trinajstić information content (AvgIpc) is 3.25. The van der Waals surface area contributed by atoms with Gasteiger partial charge in [-0.3, -0.25) is 0 Å². The van der Waals surface area contributed by atoms with E-state index in [1.807, 2.05) is 0 Å². The van der Waals surface area contributed by atoms with Crippen molar-refractivity contribution in [1.29, 1.82) is 0 Å². The number of nitrogens with zero attached hydrogens (tertiary/aromatic N) is 1. The summed E-state index contributed by atoms with van der Waals surface area (Å²) in [6.07, 6.45) is 17.5. The van der Waals surface area contributed by atoms with Crippen molar-refractivity contribution >= 4 is 18.9 Å². The molecule has 4 rings (SSSR count). The van der Waals surface area contributed by atoms with Crippen LogP contribution in [0.2, 0.25) is 0 Å². The molecule has 1 aromatic carbocycles. The Bertz CT molecular complexity index is 668. The number of aliphatic hydroxyl groups excluding tert-OH is 1. The van der Waals surface area contributed by atoms with E-state index in [9.17, 15) is 5.11 Å². The molecule has 0 unspecified atom stereocenters. The molecule has 2 saturated carbocycles. The third kappa shape index (κ3) is 5.86. The van der Waals surface area contributed by atoms with Crippen LogP contribution in [-0.2, 0) is 0 Å². The molecule has 0 radical (unpaired) electrons. The zero-order valence-corrected chi connectivity index (χ0v) is 21.3. The fourth-order valence-corrected chi connectivity index (χ4v) is 10.5. The van der Waals surface area contributed by atoms with E-state index in [0.29, 0.717) is 0 Å². The van der Waals surface area contributed by atoms with Crippen molar-refractivity contribution in [3.05, 3.63) is 24.3 Å². The lowest BCUT2D eigenvalue weighted by Gasteiger charge is -2.41. The zero-order valence-electron chi connectivity index (χ0n) is 20.4. The smallest absolute Gasteiger partial charge is 0.0748 e. The van der Waals surface area contributed by atoms with Gasteiger partial charge in [-0.25, -0.2) is 0 Å². The summed E-state index contributed by atoms with van der Waals surface area (Å²) in [5, 5.41) is 12.9. The second kappa shape index (κ2) is 10.6. The highest BCUT2D eigenvalue weighted by molar-refractivity contribution is 7.67. The highest BCUT2D eigenvalue weighted by atomic mass is 31.1. The largest absolute Gasteiger partial charge is 0.391 e. The van der Waals surface area contributed by atoms with Crippen LogP contribution >= 0.6 is 7.92 Å². The van der Waals surface area contributed by atoms with Crippen LogP contribution in [0.4, 0.5) is 5.69 Å². The third-order valence-corrected chi connectivity index (χ3v) is 11.5. The molecule has 0 bridgehead atoms. The highest BCUT2D eigenvalue weighted by Gasteiger charge is 2.38. The topological polar surface area (TPSA) is 23.5 Å². The van der Waals surface area contributed by atoms with Crippen molar-refractivity contribution in [3.63, 3.8) is 0 Å². The van der Waals surface area contributed by atoms with Crippen LogP contribution in [0.3, 0.4) is 0 Å². The summed E-state index contributed by atoms with van der Waals surface area (Å²) >= 11 is 0. The molecule has 3 aliphatic rings. The molecule has 0 spiro atoms. The van der Waals surface area contributed by atoms with Crippen LogP contribution in [0.25, 0.3) is 0 Å². The maximum atomic E-state index is 11.2. The molecule has 1 aromatic rings. The molecule has 2 nitrogen and oxygen atoms in total. The normalized spacial score (nSPS) is 25.3. The summed E-state index contributed by atoms with van der Waals surface area (Å²) in [6, 6.07) is 9.74. The average molecular weight is 444 g/mol. The molecule has 0 amide bonds. The maximum Gasteiger partial charge on any atom is 0.0748 e. The van der Waals surface area contributed by atoms with E-state index in [4.69, 9.17) is 0 Å². The number of hydrogen-bond acceptors (Lipinski definition) is 2. The zero-order chi connectivity index (χ0) is 21.8. The maximum absolute atomic E-state index is 11.2. The summed E-state index contributed by atoms with van der Waals surface area (Å²) in [4.78, 5) is 2.63. The first-order chi connectivity index (χ1) is 14.9. The van der Waals surface area contributed by atoms with Crippen molar-refractivity contribution in [2.45, 2.75) is 128 Å². The summed E-state index contributed by atoms with van der Waals surface area (Å²) in [5.74, 6) is 0. The van der Waals surface area contributed by atoms with E-state index in [1.165, 1.54) is 76.3 Å². The van der Waals surface area contributed by atoms with Gasteiger partial charge in [0.05, 0.1) is 12.1 Å². The molecule has 0 aromatic heterocycles. The molecule has 3 fully saturated rings. The molecule has 1 saturated heterocycles. The van der Waals surface area contributed by atoms with Crippen LogP contribution in [0.1, 0.15) is 104 Å². The van der Waals surface area contributed by atoms with Gasteiger partial charge in [-0.15, -0.1) is 0 Å². The van der Waals surface area contributed by atoms with E-state index >= 15 is 0 Å². The van der Waals surface area contributed by atoms with Crippen molar-refractivity contribution in [3.8, 4) is 0 Å². The SMILES string of the molecule is CC(C)(C)C[C@@H](O)[C@@H]1CCCN1c1ccccc1P(C1CCCCC1)C1CCCCC1. The Morgan fingerprint density at radius 2 is 1.45 bits per heavy atom. The molecule has 1 aliphatic heterocycles. The first-order valence-corrected chi connectivity index (χ1v) is 14.7. The van der Waals surface area contributed by atoms with Gasteiger partial charge in [0, 0.05) is 12.2 Å². The predicted molar refractivity (Wildman–Crippen MR) is 137 cm³/mol.